The Balaban J connectivity index is 2.05. The van der Waals surface area contributed by atoms with E-state index in [1.54, 1.807) is 0 Å². The van der Waals surface area contributed by atoms with Gasteiger partial charge in [-0.3, -0.25) is 4.90 Å². The lowest BCUT2D eigenvalue weighted by atomic mass is 9.95. The maximum atomic E-state index is 5.90. The standard InChI is InChI=1S/C16H24N2/c1-13(15-8-4-3-5-9-15)12-18-14(2)7-6-10-16(18)11-17/h3-5,8-9,14,16H,1,6-7,10-12,17H2,2H3. The third kappa shape index (κ3) is 3.01. The van der Waals surface area contributed by atoms with Crippen molar-refractivity contribution in [3.05, 3.63) is 42.5 Å². The molecule has 1 aromatic carbocycles. The first-order chi connectivity index (χ1) is 8.72. The van der Waals surface area contributed by atoms with Crippen molar-refractivity contribution >= 4 is 5.57 Å². The van der Waals surface area contributed by atoms with E-state index in [0.29, 0.717) is 12.1 Å². The van der Waals surface area contributed by atoms with Gasteiger partial charge in [0.25, 0.3) is 0 Å². The zero-order valence-electron chi connectivity index (χ0n) is 11.3. The summed E-state index contributed by atoms with van der Waals surface area (Å²) >= 11 is 0. The molecule has 1 saturated heterocycles. The number of hydrogen-bond donors (Lipinski definition) is 1. The topological polar surface area (TPSA) is 29.3 Å². The Morgan fingerprint density at radius 2 is 2.06 bits per heavy atom. The van der Waals surface area contributed by atoms with Crippen LogP contribution in [0.1, 0.15) is 31.7 Å². The van der Waals surface area contributed by atoms with Gasteiger partial charge in [0.15, 0.2) is 0 Å². The minimum absolute atomic E-state index is 0.522. The number of piperidine rings is 1. The molecule has 0 aromatic heterocycles. The first-order valence-electron chi connectivity index (χ1n) is 6.91. The van der Waals surface area contributed by atoms with Gasteiger partial charge in [-0.1, -0.05) is 43.3 Å². The molecule has 2 nitrogen and oxygen atoms in total. The quantitative estimate of drug-likeness (QED) is 0.882. The molecule has 2 rings (SSSR count). The summed E-state index contributed by atoms with van der Waals surface area (Å²) in [6.07, 6.45) is 3.80. The predicted octanol–water partition coefficient (Wildman–Crippen LogP) is 2.90. The SMILES string of the molecule is C=C(CN1C(C)CCCC1CN)c1ccccc1. The van der Waals surface area contributed by atoms with Crippen LogP contribution in [0.4, 0.5) is 0 Å². The highest BCUT2D eigenvalue weighted by atomic mass is 15.2. The molecule has 1 aliphatic heterocycles. The van der Waals surface area contributed by atoms with Gasteiger partial charge in [0.1, 0.15) is 0 Å². The summed E-state index contributed by atoms with van der Waals surface area (Å²) in [6, 6.07) is 11.6. The zero-order chi connectivity index (χ0) is 13.0. The molecule has 0 spiro atoms. The van der Waals surface area contributed by atoms with Crippen LogP contribution in [0.2, 0.25) is 0 Å². The molecule has 1 fully saturated rings. The third-order valence-corrected chi connectivity index (χ3v) is 4.02. The molecular formula is C16H24N2. The van der Waals surface area contributed by atoms with Crippen LogP contribution in [0.5, 0.6) is 0 Å². The van der Waals surface area contributed by atoms with Crippen LogP contribution < -0.4 is 5.73 Å². The van der Waals surface area contributed by atoms with Gasteiger partial charge in [-0.2, -0.15) is 0 Å². The molecule has 2 unspecified atom stereocenters. The molecule has 18 heavy (non-hydrogen) atoms. The predicted molar refractivity (Wildman–Crippen MR) is 78.3 cm³/mol. The summed E-state index contributed by atoms with van der Waals surface area (Å²) in [5, 5.41) is 0. The van der Waals surface area contributed by atoms with E-state index in [-0.39, 0.29) is 0 Å². The Labute approximate surface area is 110 Å². The van der Waals surface area contributed by atoms with Crippen LogP contribution in [0.25, 0.3) is 5.57 Å². The largest absolute Gasteiger partial charge is 0.329 e. The van der Waals surface area contributed by atoms with Crippen molar-refractivity contribution in [1.82, 2.24) is 4.90 Å². The molecule has 2 atom stereocenters. The maximum absolute atomic E-state index is 5.90. The summed E-state index contributed by atoms with van der Waals surface area (Å²) in [5.41, 5.74) is 8.34. The number of benzene rings is 1. The molecule has 2 heteroatoms. The number of hydrogen-bond acceptors (Lipinski definition) is 2. The fourth-order valence-electron chi connectivity index (χ4n) is 2.86. The van der Waals surface area contributed by atoms with Crippen LogP contribution in [0, 0.1) is 0 Å². The van der Waals surface area contributed by atoms with E-state index in [1.165, 1.54) is 30.4 Å². The molecule has 0 bridgehead atoms. The highest BCUT2D eigenvalue weighted by molar-refractivity contribution is 5.64. The molecular weight excluding hydrogens is 220 g/mol. The Morgan fingerprint density at radius 1 is 1.33 bits per heavy atom. The molecule has 1 aromatic rings. The van der Waals surface area contributed by atoms with Gasteiger partial charge >= 0.3 is 0 Å². The van der Waals surface area contributed by atoms with Crippen LogP contribution in [-0.4, -0.2) is 30.1 Å². The molecule has 0 saturated carbocycles. The van der Waals surface area contributed by atoms with Gasteiger partial charge in [0.2, 0.25) is 0 Å². The van der Waals surface area contributed by atoms with Gasteiger partial charge < -0.3 is 5.73 Å². The fourth-order valence-corrected chi connectivity index (χ4v) is 2.86. The van der Waals surface area contributed by atoms with Gasteiger partial charge in [0, 0.05) is 25.2 Å². The zero-order valence-corrected chi connectivity index (χ0v) is 11.3. The molecule has 1 aliphatic rings. The lowest BCUT2D eigenvalue weighted by Crippen LogP contribution is -2.49. The van der Waals surface area contributed by atoms with E-state index in [2.05, 4.69) is 42.7 Å². The lowest BCUT2D eigenvalue weighted by molar-refractivity contribution is 0.115. The van der Waals surface area contributed by atoms with Crippen molar-refractivity contribution < 1.29 is 0 Å². The molecule has 98 valence electrons. The highest BCUT2D eigenvalue weighted by Crippen LogP contribution is 2.25. The van der Waals surface area contributed by atoms with E-state index in [0.717, 1.165) is 13.1 Å². The third-order valence-electron chi connectivity index (χ3n) is 4.02. The number of nitrogens with two attached hydrogens (primary N) is 1. The van der Waals surface area contributed by atoms with Crippen molar-refractivity contribution in [2.24, 2.45) is 5.73 Å². The second kappa shape index (κ2) is 6.17. The summed E-state index contributed by atoms with van der Waals surface area (Å²) in [6.45, 7) is 8.24. The van der Waals surface area contributed by atoms with E-state index in [9.17, 15) is 0 Å². The average molecular weight is 244 g/mol. The Hall–Kier alpha value is -1.12. The first kappa shape index (κ1) is 13.3. The normalized spacial score (nSPS) is 25.0. The Kier molecular flexibility index (Phi) is 4.56. The minimum Gasteiger partial charge on any atom is -0.329 e. The Bertz CT molecular complexity index is 385. The van der Waals surface area contributed by atoms with Gasteiger partial charge in [-0.25, -0.2) is 0 Å². The second-order valence-electron chi connectivity index (χ2n) is 5.31. The summed E-state index contributed by atoms with van der Waals surface area (Å²) in [5.74, 6) is 0. The van der Waals surface area contributed by atoms with Crippen LogP contribution in [0.15, 0.2) is 36.9 Å². The van der Waals surface area contributed by atoms with E-state index in [4.69, 9.17) is 5.73 Å². The fraction of sp³-hybridized carbons (Fsp3) is 0.500. The summed E-state index contributed by atoms with van der Waals surface area (Å²) in [4.78, 5) is 2.53. The van der Waals surface area contributed by atoms with E-state index >= 15 is 0 Å². The van der Waals surface area contributed by atoms with Crippen molar-refractivity contribution in [3.63, 3.8) is 0 Å². The highest BCUT2D eigenvalue weighted by Gasteiger charge is 2.27. The van der Waals surface area contributed by atoms with Crippen molar-refractivity contribution in [3.8, 4) is 0 Å². The number of likely N-dealkylation sites (tertiary alicyclic amines) is 1. The van der Waals surface area contributed by atoms with E-state index in [1.807, 2.05) is 6.07 Å². The van der Waals surface area contributed by atoms with Crippen molar-refractivity contribution in [1.29, 1.82) is 0 Å². The molecule has 0 amide bonds. The van der Waals surface area contributed by atoms with Gasteiger partial charge in [-0.15, -0.1) is 0 Å². The number of nitrogens with zero attached hydrogens (tertiary/aromatic N) is 1. The minimum atomic E-state index is 0.522. The second-order valence-corrected chi connectivity index (χ2v) is 5.31. The monoisotopic (exact) mass is 244 g/mol. The molecule has 1 heterocycles. The lowest BCUT2D eigenvalue weighted by Gasteiger charge is -2.40. The first-order valence-corrected chi connectivity index (χ1v) is 6.91. The number of rotatable bonds is 4. The molecule has 0 aliphatic carbocycles. The average Bonchev–Trinajstić information content (AvgIpc) is 2.42. The van der Waals surface area contributed by atoms with E-state index < -0.39 is 0 Å². The summed E-state index contributed by atoms with van der Waals surface area (Å²) < 4.78 is 0. The maximum Gasteiger partial charge on any atom is 0.0240 e. The van der Waals surface area contributed by atoms with Crippen LogP contribution in [0.3, 0.4) is 0 Å². The van der Waals surface area contributed by atoms with Gasteiger partial charge in [0.05, 0.1) is 0 Å². The van der Waals surface area contributed by atoms with Crippen LogP contribution in [-0.2, 0) is 0 Å². The molecule has 0 radical (unpaired) electrons. The van der Waals surface area contributed by atoms with Crippen molar-refractivity contribution in [2.45, 2.75) is 38.3 Å². The molecule has 2 N–H and O–H groups in total. The van der Waals surface area contributed by atoms with Crippen molar-refractivity contribution in [2.75, 3.05) is 13.1 Å². The smallest absolute Gasteiger partial charge is 0.0240 e. The summed E-state index contributed by atoms with van der Waals surface area (Å²) in [7, 11) is 0. The van der Waals surface area contributed by atoms with Gasteiger partial charge in [-0.05, 0) is 30.9 Å². The Morgan fingerprint density at radius 3 is 2.72 bits per heavy atom. The van der Waals surface area contributed by atoms with Crippen LogP contribution >= 0.6 is 0 Å².